The molecule has 3 rings (SSSR count). The first-order valence-corrected chi connectivity index (χ1v) is 9.73. The maximum atomic E-state index is 12.0. The van der Waals surface area contributed by atoms with Crippen molar-refractivity contribution < 1.29 is 9.53 Å². The minimum absolute atomic E-state index is 0.149. The van der Waals surface area contributed by atoms with Gasteiger partial charge in [-0.3, -0.25) is 4.79 Å². The number of halogens is 1. The highest BCUT2D eigenvalue weighted by molar-refractivity contribution is 6.30. The summed E-state index contributed by atoms with van der Waals surface area (Å²) < 4.78 is 6.00. The zero-order valence-electron chi connectivity index (χ0n) is 16.5. The van der Waals surface area contributed by atoms with E-state index in [0.29, 0.717) is 18.1 Å². The van der Waals surface area contributed by atoms with Crippen molar-refractivity contribution in [3.63, 3.8) is 0 Å². The molecule has 0 aromatic heterocycles. The molecule has 0 spiro atoms. The fourth-order valence-corrected chi connectivity index (χ4v) is 3.15. The van der Waals surface area contributed by atoms with Gasteiger partial charge in [0.1, 0.15) is 12.4 Å². The Morgan fingerprint density at radius 2 is 1.66 bits per heavy atom. The summed E-state index contributed by atoms with van der Waals surface area (Å²) in [6, 6.07) is 21.1. The SMILES string of the molecule is Cc1cc(/C=N/NC(=O)Cc2ccccc2)cc(C)c1OCc1ccc(Cl)cc1. The molecule has 0 saturated carbocycles. The minimum Gasteiger partial charge on any atom is -0.488 e. The van der Waals surface area contributed by atoms with E-state index in [1.54, 1.807) is 6.21 Å². The highest BCUT2D eigenvalue weighted by Gasteiger charge is 2.07. The lowest BCUT2D eigenvalue weighted by Gasteiger charge is -2.13. The summed E-state index contributed by atoms with van der Waals surface area (Å²) >= 11 is 5.92. The second-order valence-corrected chi connectivity index (χ2v) is 7.29. The number of benzene rings is 3. The molecule has 1 N–H and O–H groups in total. The van der Waals surface area contributed by atoms with Gasteiger partial charge in [-0.25, -0.2) is 5.43 Å². The number of aryl methyl sites for hydroxylation is 2. The molecule has 0 unspecified atom stereocenters. The Bertz CT molecular complexity index is 976. The maximum Gasteiger partial charge on any atom is 0.244 e. The molecular formula is C24H23ClN2O2. The number of ether oxygens (including phenoxy) is 1. The van der Waals surface area contributed by atoms with E-state index in [2.05, 4.69) is 10.5 Å². The predicted molar refractivity (Wildman–Crippen MR) is 118 cm³/mol. The number of rotatable bonds is 7. The standard InChI is InChI=1S/C24H23ClN2O2/c1-17-12-21(15-26-27-23(28)14-19-6-4-3-5-7-19)13-18(2)24(17)29-16-20-8-10-22(25)11-9-20/h3-13,15H,14,16H2,1-2H3,(H,27,28)/b26-15+. The number of carbonyl (C=O) groups is 1. The van der Waals surface area contributed by atoms with Crippen LogP contribution in [0.4, 0.5) is 0 Å². The number of nitrogens with one attached hydrogen (secondary N) is 1. The molecule has 0 fully saturated rings. The van der Waals surface area contributed by atoms with Crippen molar-refractivity contribution in [2.45, 2.75) is 26.9 Å². The fraction of sp³-hybridized carbons (Fsp3) is 0.167. The van der Waals surface area contributed by atoms with Crippen LogP contribution in [0.5, 0.6) is 5.75 Å². The van der Waals surface area contributed by atoms with Crippen LogP contribution in [0.2, 0.25) is 5.02 Å². The Kier molecular flexibility index (Phi) is 7.04. The molecule has 4 nitrogen and oxygen atoms in total. The summed E-state index contributed by atoms with van der Waals surface area (Å²) in [6.45, 7) is 4.47. The van der Waals surface area contributed by atoms with Crippen LogP contribution in [0.15, 0.2) is 71.8 Å². The third-order valence-corrected chi connectivity index (χ3v) is 4.64. The molecule has 0 aliphatic carbocycles. The average Bonchev–Trinajstić information content (AvgIpc) is 2.69. The van der Waals surface area contributed by atoms with Gasteiger partial charge in [-0.15, -0.1) is 0 Å². The van der Waals surface area contributed by atoms with Gasteiger partial charge < -0.3 is 4.74 Å². The van der Waals surface area contributed by atoms with Crippen LogP contribution in [0.3, 0.4) is 0 Å². The number of amides is 1. The van der Waals surface area contributed by atoms with E-state index >= 15 is 0 Å². The summed E-state index contributed by atoms with van der Waals surface area (Å²) in [5.41, 5.74) is 7.50. The monoisotopic (exact) mass is 406 g/mol. The van der Waals surface area contributed by atoms with Crippen LogP contribution in [0, 0.1) is 13.8 Å². The first-order chi connectivity index (χ1) is 14.0. The van der Waals surface area contributed by atoms with Gasteiger partial charge in [-0.1, -0.05) is 54.1 Å². The van der Waals surface area contributed by atoms with Gasteiger partial charge >= 0.3 is 0 Å². The predicted octanol–water partition coefficient (Wildman–Crippen LogP) is 5.23. The lowest BCUT2D eigenvalue weighted by Crippen LogP contribution is -2.19. The van der Waals surface area contributed by atoms with Crippen LogP contribution >= 0.6 is 11.6 Å². The molecule has 1 amide bonds. The van der Waals surface area contributed by atoms with E-state index in [9.17, 15) is 4.79 Å². The number of hydrogen-bond donors (Lipinski definition) is 1. The highest BCUT2D eigenvalue weighted by Crippen LogP contribution is 2.25. The van der Waals surface area contributed by atoms with Crippen molar-refractivity contribution >= 4 is 23.7 Å². The number of hydrogen-bond acceptors (Lipinski definition) is 3. The molecule has 3 aromatic rings. The highest BCUT2D eigenvalue weighted by atomic mass is 35.5. The van der Waals surface area contributed by atoms with Gasteiger partial charge in [-0.2, -0.15) is 5.10 Å². The average molecular weight is 407 g/mol. The first kappa shape index (κ1) is 20.6. The van der Waals surface area contributed by atoms with E-state index in [1.807, 2.05) is 80.6 Å². The van der Waals surface area contributed by atoms with Crippen molar-refractivity contribution in [2.24, 2.45) is 5.10 Å². The van der Waals surface area contributed by atoms with E-state index in [-0.39, 0.29) is 5.91 Å². The summed E-state index contributed by atoms with van der Waals surface area (Å²) in [5.74, 6) is 0.703. The zero-order chi connectivity index (χ0) is 20.6. The smallest absolute Gasteiger partial charge is 0.244 e. The van der Waals surface area contributed by atoms with Crippen molar-refractivity contribution in [3.8, 4) is 5.75 Å². The Labute approximate surface area is 176 Å². The van der Waals surface area contributed by atoms with Crippen LogP contribution in [0.25, 0.3) is 0 Å². The van der Waals surface area contributed by atoms with Gasteiger partial charge in [-0.05, 0) is 65.9 Å². The molecule has 0 bridgehead atoms. The Hall–Kier alpha value is -3.11. The van der Waals surface area contributed by atoms with Crippen LogP contribution in [0.1, 0.15) is 27.8 Å². The molecule has 29 heavy (non-hydrogen) atoms. The third-order valence-electron chi connectivity index (χ3n) is 4.39. The minimum atomic E-state index is -0.149. The first-order valence-electron chi connectivity index (χ1n) is 9.35. The lowest BCUT2D eigenvalue weighted by molar-refractivity contribution is -0.120. The summed E-state index contributed by atoms with van der Waals surface area (Å²) in [7, 11) is 0. The molecular weight excluding hydrogens is 384 g/mol. The second-order valence-electron chi connectivity index (χ2n) is 6.85. The molecule has 0 saturated heterocycles. The van der Waals surface area contributed by atoms with Gasteiger partial charge in [0.15, 0.2) is 0 Å². The molecule has 0 radical (unpaired) electrons. The quantitative estimate of drug-likeness (QED) is 0.431. The fourth-order valence-electron chi connectivity index (χ4n) is 3.02. The van der Waals surface area contributed by atoms with Crippen molar-refractivity contribution in [2.75, 3.05) is 0 Å². The number of carbonyl (C=O) groups excluding carboxylic acids is 1. The van der Waals surface area contributed by atoms with Crippen LogP contribution in [-0.2, 0) is 17.8 Å². The Balaban J connectivity index is 1.58. The molecule has 0 aliphatic rings. The maximum absolute atomic E-state index is 12.0. The van der Waals surface area contributed by atoms with E-state index in [0.717, 1.165) is 33.6 Å². The largest absolute Gasteiger partial charge is 0.488 e. The molecule has 0 atom stereocenters. The molecule has 0 aliphatic heterocycles. The van der Waals surface area contributed by atoms with E-state index in [1.165, 1.54) is 0 Å². The van der Waals surface area contributed by atoms with Crippen LogP contribution < -0.4 is 10.2 Å². The third kappa shape index (κ3) is 6.19. The zero-order valence-corrected chi connectivity index (χ0v) is 17.2. The molecule has 148 valence electrons. The number of hydrazone groups is 1. The second kappa shape index (κ2) is 9.89. The molecule has 0 heterocycles. The van der Waals surface area contributed by atoms with Crippen molar-refractivity contribution in [1.29, 1.82) is 0 Å². The van der Waals surface area contributed by atoms with E-state index < -0.39 is 0 Å². The van der Waals surface area contributed by atoms with Crippen LogP contribution in [-0.4, -0.2) is 12.1 Å². The topological polar surface area (TPSA) is 50.7 Å². The van der Waals surface area contributed by atoms with Crippen molar-refractivity contribution in [3.05, 3.63) is 99.6 Å². The lowest BCUT2D eigenvalue weighted by atomic mass is 10.1. The molecule has 5 heteroatoms. The normalized spacial score (nSPS) is 10.9. The van der Waals surface area contributed by atoms with Gasteiger partial charge in [0.05, 0.1) is 12.6 Å². The van der Waals surface area contributed by atoms with Gasteiger partial charge in [0.25, 0.3) is 0 Å². The summed E-state index contributed by atoms with van der Waals surface area (Å²) in [4.78, 5) is 12.0. The Morgan fingerprint density at radius 3 is 2.31 bits per heavy atom. The Morgan fingerprint density at radius 1 is 1.00 bits per heavy atom. The van der Waals surface area contributed by atoms with Gasteiger partial charge in [0.2, 0.25) is 5.91 Å². The van der Waals surface area contributed by atoms with Gasteiger partial charge in [0, 0.05) is 5.02 Å². The molecule has 3 aromatic carbocycles. The van der Waals surface area contributed by atoms with E-state index in [4.69, 9.17) is 16.3 Å². The number of nitrogens with zero attached hydrogens (tertiary/aromatic N) is 1. The van der Waals surface area contributed by atoms with Crippen molar-refractivity contribution in [1.82, 2.24) is 5.43 Å². The summed E-state index contributed by atoms with van der Waals surface area (Å²) in [5, 5.41) is 4.78. The summed E-state index contributed by atoms with van der Waals surface area (Å²) in [6.07, 6.45) is 1.94.